The first-order valence-electron chi connectivity index (χ1n) is 7.48. The van der Waals surface area contributed by atoms with Gasteiger partial charge in [0, 0.05) is 13.1 Å². The van der Waals surface area contributed by atoms with Gasteiger partial charge in [-0.15, -0.1) is 0 Å². The Bertz CT molecular complexity index is 465. The highest BCUT2D eigenvalue weighted by molar-refractivity contribution is 5.91. The molecule has 19 heavy (non-hydrogen) atoms. The first kappa shape index (κ1) is 12.7. The van der Waals surface area contributed by atoms with Crippen molar-refractivity contribution in [2.45, 2.75) is 44.9 Å². The number of benzene rings is 1. The van der Waals surface area contributed by atoms with Crippen molar-refractivity contribution in [2.24, 2.45) is 5.92 Å². The molecule has 0 atom stereocenters. The number of hydrogen-bond donors (Lipinski definition) is 0. The van der Waals surface area contributed by atoms with Gasteiger partial charge in [-0.05, 0) is 44.1 Å². The largest absolute Gasteiger partial charge is 0.342 e. The molecule has 2 fully saturated rings. The zero-order valence-corrected chi connectivity index (χ0v) is 12.0. The summed E-state index contributed by atoms with van der Waals surface area (Å²) in [5.41, 5.74) is 2.31. The molecule has 1 aliphatic heterocycles. The predicted octanol–water partition coefficient (Wildman–Crippen LogP) is 3.29. The first-order valence-corrected chi connectivity index (χ1v) is 7.48. The van der Waals surface area contributed by atoms with E-state index in [4.69, 9.17) is 0 Å². The smallest absolute Gasteiger partial charge is 0.233 e. The molecule has 0 bridgehead atoms. The summed E-state index contributed by atoms with van der Waals surface area (Å²) in [5, 5.41) is 0. The highest BCUT2D eigenvalue weighted by Crippen LogP contribution is 2.50. The molecule has 2 aliphatic rings. The van der Waals surface area contributed by atoms with Gasteiger partial charge in [0.1, 0.15) is 0 Å². The Kier molecular flexibility index (Phi) is 3.12. The van der Waals surface area contributed by atoms with E-state index in [1.54, 1.807) is 0 Å². The minimum Gasteiger partial charge on any atom is -0.342 e. The monoisotopic (exact) mass is 257 g/mol. The number of carbonyl (C=O) groups is 1. The molecule has 1 aromatic rings. The lowest BCUT2D eigenvalue weighted by Gasteiger charge is -2.33. The zero-order valence-electron chi connectivity index (χ0n) is 12.0. The van der Waals surface area contributed by atoms with Gasteiger partial charge in [0.05, 0.1) is 5.41 Å². The first-order chi connectivity index (χ1) is 9.12. The standard InChI is InChI=1S/C17H23NO/c1-13-3-5-15(6-4-13)17(9-10-17)16(19)18-11-7-14(2)8-12-18/h3-6,14H,7-12H2,1-2H3. The summed E-state index contributed by atoms with van der Waals surface area (Å²) in [6.07, 6.45) is 4.38. The quantitative estimate of drug-likeness (QED) is 0.796. The lowest BCUT2D eigenvalue weighted by molar-refractivity contribution is -0.135. The van der Waals surface area contributed by atoms with Crippen molar-refractivity contribution < 1.29 is 4.79 Å². The van der Waals surface area contributed by atoms with E-state index in [-0.39, 0.29) is 5.41 Å². The average molecular weight is 257 g/mol. The minimum absolute atomic E-state index is 0.172. The third-order valence-corrected chi connectivity index (χ3v) is 4.83. The fourth-order valence-corrected chi connectivity index (χ4v) is 3.14. The predicted molar refractivity (Wildman–Crippen MR) is 77.1 cm³/mol. The van der Waals surface area contributed by atoms with Crippen molar-refractivity contribution in [3.8, 4) is 0 Å². The minimum atomic E-state index is -0.172. The summed E-state index contributed by atoms with van der Waals surface area (Å²) in [6.45, 7) is 6.28. The zero-order chi connectivity index (χ0) is 13.5. The van der Waals surface area contributed by atoms with Crippen molar-refractivity contribution >= 4 is 5.91 Å². The molecule has 1 heterocycles. The Labute approximate surface area is 115 Å². The van der Waals surface area contributed by atoms with E-state index in [0.29, 0.717) is 5.91 Å². The lowest BCUT2D eigenvalue weighted by atomic mass is 9.91. The molecule has 0 radical (unpaired) electrons. The Balaban J connectivity index is 1.77. The molecular weight excluding hydrogens is 234 g/mol. The molecule has 1 aliphatic carbocycles. The van der Waals surface area contributed by atoms with Crippen LogP contribution in [-0.4, -0.2) is 23.9 Å². The van der Waals surface area contributed by atoms with Crippen LogP contribution in [0.15, 0.2) is 24.3 Å². The van der Waals surface area contributed by atoms with Crippen LogP contribution in [0.1, 0.15) is 43.7 Å². The van der Waals surface area contributed by atoms with E-state index in [1.165, 1.54) is 11.1 Å². The van der Waals surface area contributed by atoms with E-state index in [0.717, 1.165) is 44.7 Å². The van der Waals surface area contributed by atoms with E-state index in [1.807, 2.05) is 0 Å². The SMILES string of the molecule is Cc1ccc(C2(C(=O)N3CCC(C)CC3)CC2)cc1. The van der Waals surface area contributed by atoms with Crippen molar-refractivity contribution in [1.82, 2.24) is 4.90 Å². The molecule has 1 amide bonds. The van der Waals surface area contributed by atoms with Crippen LogP contribution in [0.5, 0.6) is 0 Å². The van der Waals surface area contributed by atoms with Crippen LogP contribution in [0.2, 0.25) is 0 Å². The fraction of sp³-hybridized carbons (Fsp3) is 0.588. The number of rotatable bonds is 2. The Morgan fingerprint density at radius 3 is 2.26 bits per heavy atom. The normalized spacial score (nSPS) is 22.3. The number of nitrogens with zero attached hydrogens (tertiary/aromatic N) is 1. The summed E-state index contributed by atoms with van der Waals surface area (Å²) < 4.78 is 0. The molecule has 0 unspecified atom stereocenters. The van der Waals surface area contributed by atoms with Gasteiger partial charge < -0.3 is 4.90 Å². The molecular formula is C17H23NO. The third kappa shape index (κ3) is 2.29. The van der Waals surface area contributed by atoms with Gasteiger partial charge in [-0.1, -0.05) is 36.8 Å². The van der Waals surface area contributed by atoms with Gasteiger partial charge in [-0.2, -0.15) is 0 Å². The average Bonchev–Trinajstić information content (AvgIpc) is 3.21. The maximum absolute atomic E-state index is 12.8. The molecule has 1 saturated heterocycles. The molecule has 102 valence electrons. The van der Waals surface area contributed by atoms with Crippen LogP contribution in [0.25, 0.3) is 0 Å². The van der Waals surface area contributed by atoms with Gasteiger partial charge in [0.2, 0.25) is 5.91 Å². The molecule has 0 N–H and O–H groups in total. The summed E-state index contributed by atoms with van der Waals surface area (Å²) in [6, 6.07) is 8.54. The molecule has 2 heteroatoms. The van der Waals surface area contributed by atoms with Crippen molar-refractivity contribution in [1.29, 1.82) is 0 Å². The Hall–Kier alpha value is -1.31. The second-order valence-electron chi connectivity index (χ2n) is 6.42. The summed E-state index contributed by atoms with van der Waals surface area (Å²) in [5.74, 6) is 1.15. The number of amides is 1. The fourth-order valence-electron chi connectivity index (χ4n) is 3.14. The van der Waals surface area contributed by atoms with Gasteiger partial charge in [-0.25, -0.2) is 0 Å². The van der Waals surface area contributed by atoms with Crippen LogP contribution in [-0.2, 0) is 10.2 Å². The van der Waals surface area contributed by atoms with Crippen LogP contribution in [0.3, 0.4) is 0 Å². The Morgan fingerprint density at radius 1 is 1.16 bits per heavy atom. The second-order valence-corrected chi connectivity index (χ2v) is 6.42. The van der Waals surface area contributed by atoms with E-state index < -0.39 is 0 Å². The maximum Gasteiger partial charge on any atom is 0.233 e. The lowest BCUT2D eigenvalue weighted by Crippen LogP contribution is -2.43. The molecule has 0 spiro atoms. The number of aryl methyl sites for hydroxylation is 1. The molecule has 0 aromatic heterocycles. The summed E-state index contributed by atoms with van der Waals surface area (Å²) in [7, 11) is 0. The van der Waals surface area contributed by atoms with E-state index >= 15 is 0 Å². The van der Waals surface area contributed by atoms with Gasteiger partial charge in [-0.3, -0.25) is 4.79 Å². The highest BCUT2D eigenvalue weighted by atomic mass is 16.2. The summed E-state index contributed by atoms with van der Waals surface area (Å²) in [4.78, 5) is 14.9. The molecule has 1 saturated carbocycles. The van der Waals surface area contributed by atoms with Crippen LogP contribution in [0.4, 0.5) is 0 Å². The van der Waals surface area contributed by atoms with E-state index in [2.05, 4.69) is 43.0 Å². The summed E-state index contributed by atoms with van der Waals surface area (Å²) >= 11 is 0. The molecule has 1 aromatic carbocycles. The van der Waals surface area contributed by atoms with Crippen molar-refractivity contribution in [2.75, 3.05) is 13.1 Å². The number of piperidine rings is 1. The topological polar surface area (TPSA) is 20.3 Å². The third-order valence-electron chi connectivity index (χ3n) is 4.83. The van der Waals surface area contributed by atoms with Crippen molar-refractivity contribution in [3.05, 3.63) is 35.4 Å². The van der Waals surface area contributed by atoms with Crippen LogP contribution < -0.4 is 0 Å². The van der Waals surface area contributed by atoms with Gasteiger partial charge in [0.25, 0.3) is 0 Å². The maximum atomic E-state index is 12.8. The molecule has 3 rings (SSSR count). The highest BCUT2D eigenvalue weighted by Gasteiger charge is 2.53. The van der Waals surface area contributed by atoms with E-state index in [9.17, 15) is 4.79 Å². The van der Waals surface area contributed by atoms with Gasteiger partial charge >= 0.3 is 0 Å². The number of likely N-dealkylation sites (tertiary alicyclic amines) is 1. The van der Waals surface area contributed by atoms with Crippen molar-refractivity contribution in [3.63, 3.8) is 0 Å². The number of carbonyl (C=O) groups excluding carboxylic acids is 1. The second kappa shape index (κ2) is 4.66. The Morgan fingerprint density at radius 2 is 1.74 bits per heavy atom. The van der Waals surface area contributed by atoms with Crippen LogP contribution >= 0.6 is 0 Å². The van der Waals surface area contributed by atoms with Crippen LogP contribution in [0, 0.1) is 12.8 Å². The van der Waals surface area contributed by atoms with Gasteiger partial charge in [0.15, 0.2) is 0 Å². The molecule has 2 nitrogen and oxygen atoms in total. The number of hydrogen-bond acceptors (Lipinski definition) is 1.